The van der Waals surface area contributed by atoms with Crippen molar-refractivity contribution >= 4 is 23.6 Å². The van der Waals surface area contributed by atoms with Crippen LogP contribution < -0.4 is 0 Å². The summed E-state index contributed by atoms with van der Waals surface area (Å²) in [5, 5.41) is 13.0. The number of thioether (sulfide) groups is 1. The van der Waals surface area contributed by atoms with Crippen LogP contribution in [0.25, 0.3) is 0 Å². The fraction of sp³-hybridized carbons (Fsp3) is 0.615. The summed E-state index contributed by atoms with van der Waals surface area (Å²) in [5.41, 5.74) is 0.140. The Morgan fingerprint density at radius 1 is 1.57 bits per heavy atom. The molecular weight excluding hydrogens is 296 g/mol. The third-order valence-electron chi connectivity index (χ3n) is 3.64. The zero-order valence-corrected chi connectivity index (χ0v) is 12.3. The summed E-state index contributed by atoms with van der Waals surface area (Å²) in [5.74, 6) is -0.0865. The predicted molar refractivity (Wildman–Crippen MR) is 73.8 cm³/mol. The standard InChI is InChI=1S/C13H16N2O5S/c1-19-5-8-4-9(14-20-8)11(16)15-10(13(17)18)6-21-12(15)7-2-3-7/h4,7,10,12H,2-3,5-6H2,1H3,(H,17,18). The van der Waals surface area contributed by atoms with Gasteiger partial charge in [0.05, 0.1) is 5.37 Å². The molecule has 3 rings (SSSR count). The molecule has 1 aromatic heterocycles. The fourth-order valence-electron chi connectivity index (χ4n) is 2.48. The van der Waals surface area contributed by atoms with E-state index in [-0.39, 0.29) is 23.6 Å². The molecule has 1 saturated heterocycles. The van der Waals surface area contributed by atoms with E-state index in [1.807, 2.05) is 0 Å². The van der Waals surface area contributed by atoms with Gasteiger partial charge < -0.3 is 19.3 Å². The van der Waals surface area contributed by atoms with E-state index in [2.05, 4.69) is 5.16 Å². The van der Waals surface area contributed by atoms with E-state index in [4.69, 9.17) is 9.26 Å². The Kier molecular flexibility index (Phi) is 3.90. The predicted octanol–water partition coefficient (Wildman–Crippen LogP) is 1.20. The molecule has 0 spiro atoms. The maximum atomic E-state index is 12.6. The van der Waals surface area contributed by atoms with Gasteiger partial charge in [0.15, 0.2) is 11.5 Å². The highest BCUT2D eigenvalue weighted by Crippen LogP contribution is 2.45. The van der Waals surface area contributed by atoms with Gasteiger partial charge in [0.25, 0.3) is 5.91 Å². The fourth-order valence-corrected chi connectivity index (χ4v) is 4.11. The second kappa shape index (κ2) is 5.69. The quantitative estimate of drug-likeness (QED) is 0.873. The molecule has 2 heterocycles. The van der Waals surface area contributed by atoms with Crippen molar-refractivity contribution in [1.29, 1.82) is 0 Å². The number of carboxylic acid groups (broad SMARTS) is 1. The number of hydrogen-bond acceptors (Lipinski definition) is 6. The number of hydrogen-bond donors (Lipinski definition) is 1. The molecule has 2 fully saturated rings. The molecule has 7 nitrogen and oxygen atoms in total. The minimum absolute atomic E-state index is 0.0684. The molecule has 1 N–H and O–H groups in total. The summed E-state index contributed by atoms with van der Waals surface area (Å²) in [6, 6.07) is 0.716. The number of aliphatic carboxylic acids is 1. The Balaban J connectivity index is 1.82. The van der Waals surface area contributed by atoms with Gasteiger partial charge in [0.1, 0.15) is 12.6 Å². The lowest BCUT2D eigenvalue weighted by molar-refractivity contribution is -0.141. The minimum Gasteiger partial charge on any atom is -0.480 e. The summed E-state index contributed by atoms with van der Waals surface area (Å²) in [7, 11) is 1.52. The van der Waals surface area contributed by atoms with Crippen molar-refractivity contribution < 1.29 is 24.0 Å². The van der Waals surface area contributed by atoms with Crippen LogP contribution in [-0.4, -0.2) is 51.3 Å². The lowest BCUT2D eigenvalue weighted by Crippen LogP contribution is -2.46. The SMILES string of the molecule is COCc1cc(C(=O)N2C(C(=O)O)CSC2C2CC2)no1. The summed E-state index contributed by atoms with van der Waals surface area (Å²) < 4.78 is 9.93. The number of carboxylic acids is 1. The first-order chi connectivity index (χ1) is 10.1. The molecule has 0 bridgehead atoms. The van der Waals surface area contributed by atoms with E-state index >= 15 is 0 Å². The number of methoxy groups -OCH3 is 1. The maximum absolute atomic E-state index is 12.6. The summed E-state index contributed by atoms with van der Waals surface area (Å²) in [4.78, 5) is 25.4. The summed E-state index contributed by atoms with van der Waals surface area (Å²) in [6.45, 7) is 0.226. The zero-order valence-electron chi connectivity index (χ0n) is 11.5. The number of nitrogens with zero attached hydrogens (tertiary/aromatic N) is 2. The van der Waals surface area contributed by atoms with Gasteiger partial charge in [-0.15, -0.1) is 11.8 Å². The van der Waals surface area contributed by atoms with E-state index in [0.29, 0.717) is 17.4 Å². The van der Waals surface area contributed by atoms with Crippen molar-refractivity contribution in [3.05, 3.63) is 17.5 Å². The van der Waals surface area contributed by atoms with Gasteiger partial charge >= 0.3 is 5.97 Å². The van der Waals surface area contributed by atoms with Crippen molar-refractivity contribution in [2.45, 2.75) is 30.9 Å². The first-order valence-electron chi connectivity index (χ1n) is 6.73. The Labute approximate surface area is 125 Å². The van der Waals surface area contributed by atoms with Gasteiger partial charge in [0, 0.05) is 18.9 Å². The molecule has 1 aliphatic heterocycles. The molecule has 2 aliphatic rings. The number of rotatable bonds is 5. The van der Waals surface area contributed by atoms with Crippen LogP contribution in [0.5, 0.6) is 0 Å². The first-order valence-corrected chi connectivity index (χ1v) is 7.78. The normalized spacial score (nSPS) is 25.3. The molecule has 1 aliphatic carbocycles. The lowest BCUT2D eigenvalue weighted by atomic mass is 10.2. The highest BCUT2D eigenvalue weighted by molar-refractivity contribution is 8.00. The molecule has 2 unspecified atom stereocenters. The Morgan fingerprint density at radius 3 is 2.95 bits per heavy atom. The van der Waals surface area contributed by atoms with E-state index in [0.717, 1.165) is 12.8 Å². The number of aromatic nitrogens is 1. The van der Waals surface area contributed by atoms with Gasteiger partial charge in [-0.05, 0) is 18.8 Å². The Morgan fingerprint density at radius 2 is 2.33 bits per heavy atom. The maximum Gasteiger partial charge on any atom is 0.327 e. The average molecular weight is 312 g/mol. The van der Waals surface area contributed by atoms with Crippen LogP contribution in [0, 0.1) is 5.92 Å². The number of carbonyl (C=O) groups is 2. The van der Waals surface area contributed by atoms with Crippen molar-refractivity contribution in [2.75, 3.05) is 12.9 Å². The van der Waals surface area contributed by atoms with E-state index in [9.17, 15) is 14.7 Å². The topological polar surface area (TPSA) is 92.9 Å². The van der Waals surface area contributed by atoms with Crippen LogP contribution in [0.3, 0.4) is 0 Å². The van der Waals surface area contributed by atoms with Crippen molar-refractivity contribution in [1.82, 2.24) is 10.1 Å². The Bertz CT molecular complexity index is 557. The van der Waals surface area contributed by atoms with Crippen LogP contribution in [0.2, 0.25) is 0 Å². The molecule has 1 saturated carbocycles. The lowest BCUT2D eigenvalue weighted by Gasteiger charge is -2.26. The van der Waals surface area contributed by atoms with Crippen LogP contribution >= 0.6 is 11.8 Å². The molecule has 2 atom stereocenters. The van der Waals surface area contributed by atoms with E-state index in [1.165, 1.54) is 29.8 Å². The number of carbonyl (C=O) groups excluding carboxylic acids is 1. The third kappa shape index (κ3) is 2.77. The zero-order chi connectivity index (χ0) is 15.0. The van der Waals surface area contributed by atoms with Gasteiger partial charge in [-0.1, -0.05) is 5.16 Å². The second-order valence-electron chi connectivity index (χ2n) is 5.24. The van der Waals surface area contributed by atoms with Crippen molar-refractivity contribution in [2.24, 2.45) is 5.92 Å². The molecule has 1 amide bonds. The highest BCUT2D eigenvalue weighted by atomic mass is 32.2. The number of ether oxygens (including phenoxy) is 1. The highest BCUT2D eigenvalue weighted by Gasteiger charge is 2.48. The van der Waals surface area contributed by atoms with Crippen LogP contribution in [0.1, 0.15) is 29.1 Å². The van der Waals surface area contributed by atoms with Gasteiger partial charge in [-0.25, -0.2) is 4.79 Å². The largest absolute Gasteiger partial charge is 0.480 e. The molecule has 114 valence electrons. The minimum atomic E-state index is -0.973. The number of amides is 1. The second-order valence-corrected chi connectivity index (χ2v) is 6.39. The van der Waals surface area contributed by atoms with Gasteiger partial charge in [-0.2, -0.15) is 0 Å². The molecule has 8 heteroatoms. The smallest absolute Gasteiger partial charge is 0.327 e. The van der Waals surface area contributed by atoms with Crippen molar-refractivity contribution in [3.63, 3.8) is 0 Å². The molecule has 21 heavy (non-hydrogen) atoms. The van der Waals surface area contributed by atoms with Crippen LogP contribution in [0.15, 0.2) is 10.6 Å². The average Bonchev–Trinajstić information content (AvgIpc) is 3.02. The summed E-state index contributed by atoms with van der Waals surface area (Å²) >= 11 is 1.54. The Hall–Kier alpha value is -1.54. The molecular formula is C13H16N2O5S. The van der Waals surface area contributed by atoms with Crippen LogP contribution in [0.4, 0.5) is 0 Å². The van der Waals surface area contributed by atoms with Gasteiger partial charge in [-0.3, -0.25) is 4.79 Å². The molecule has 0 radical (unpaired) electrons. The molecule has 0 aromatic carbocycles. The third-order valence-corrected chi connectivity index (χ3v) is 5.11. The first kappa shape index (κ1) is 14.4. The molecule has 1 aromatic rings. The monoisotopic (exact) mass is 312 g/mol. The van der Waals surface area contributed by atoms with Crippen LogP contribution in [-0.2, 0) is 16.1 Å². The van der Waals surface area contributed by atoms with E-state index in [1.54, 1.807) is 0 Å². The van der Waals surface area contributed by atoms with Gasteiger partial charge in [0.2, 0.25) is 0 Å². The summed E-state index contributed by atoms with van der Waals surface area (Å²) in [6.07, 6.45) is 2.09. The van der Waals surface area contributed by atoms with Crippen molar-refractivity contribution in [3.8, 4) is 0 Å². The van der Waals surface area contributed by atoms with E-state index < -0.39 is 12.0 Å².